The average Bonchev–Trinajstić information content (AvgIpc) is 2.50. The molecule has 0 bridgehead atoms. The number of nitrogen functional groups attached to an aromatic ring is 1. The second-order valence-electron chi connectivity index (χ2n) is 2.87. The number of halogens is 1. The molecule has 0 spiro atoms. The van der Waals surface area contributed by atoms with Crippen LogP contribution in [0.3, 0.4) is 0 Å². The van der Waals surface area contributed by atoms with Gasteiger partial charge >= 0.3 is 0 Å². The van der Waals surface area contributed by atoms with Gasteiger partial charge in [0, 0.05) is 10.6 Å². The van der Waals surface area contributed by atoms with E-state index >= 15 is 0 Å². The van der Waals surface area contributed by atoms with Crippen molar-refractivity contribution >= 4 is 17.3 Å². The number of nitrogens with two attached hydrogens (primary N) is 1. The summed E-state index contributed by atoms with van der Waals surface area (Å²) in [4.78, 5) is 0. The molecule has 2 aromatic rings. The Morgan fingerprint density at radius 2 is 1.86 bits per heavy atom. The number of aromatic hydroxyl groups is 1. The first-order chi connectivity index (χ1) is 6.68. The lowest BCUT2D eigenvalue weighted by Crippen LogP contribution is -1.85. The predicted octanol–water partition coefficient (Wildman–Crippen LogP) is 2.89. The van der Waals surface area contributed by atoms with E-state index in [1.807, 2.05) is 0 Å². The van der Waals surface area contributed by atoms with E-state index < -0.39 is 0 Å². The Bertz CT molecular complexity index is 448. The van der Waals surface area contributed by atoms with Gasteiger partial charge < -0.3 is 15.3 Å². The summed E-state index contributed by atoms with van der Waals surface area (Å²) in [6, 6.07) is 7.01. The van der Waals surface area contributed by atoms with Gasteiger partial charge in [-0.15, -0.1) is 0 Å². The Balaban J connectivity index is 2.49. The molecule has 1 heterocycles. The molecule has 0 unspecified atom stereocenters. The molecule has 0 saturated heterocycles. The lowest BCUT2D eigenvalue weighted by molar-refractivity contribution is 0.460. The fraction of sp³-hybridized carbons (Fsp3) is 0. The third kappa shape index (κ3) is 1.42. The van der Waals surface area contributed by atoms with Crippen LogP contribution in [0.5, 0.6) is 5.75 Å². The monoisotopic (exact) mass is 209 g/mol. The van der Waals surface area contributed by atoms with E-state index in [-0.39, 0.29) is 11.4 Å². The molecular formula is C10H8ClNO2. The van der Waals surface area contributed by atoms with Gasteiger partial charge in [0.1, 0.15) is 12.0 Å². The zero-order chi connectivity index (χ0) is 10.1. The molecule has 1 aromatic carbocycles. The highest BCUT2D eigenvalue weighted by molar-refractivity contribution is 6.30. The molecule has 0 radical (unpaired) electrons. The number of hydrogen-bond donors (Lipinski definition) is 2. The highest BCUT2D eigenvalue weighted by Gasteiger charge is 2.10. The van der Waals surface area contributed by atoms with Gasteiger partial charge in [-0.2, -0.15) is 0 Å². The molecule has 1 aromatic heterocycles. The van der Waals surface area contributed by atoms with Gasteiger partial charge in [0.15, 0.2) is 11.5 Å². The van der Waals surface area contributed by atoms with Crippen molar-refractivity contribution in [1.29, 1.82) is 0 Å². The first-order valence-electron chi connectivity index (χ1n) is 4.00. The largest absolute Gasteiger partial charge is 0.503 e. The summed E-state index contributed by atoms with van der Waals surface area (Å²) in [5.74, 6) is 0.411. The minimum Gasteiger partial charge on any atom is -0.503 e. The Morgan fingerprint density at radius 1 is 1.21 bits per heavy atom. The maximum atomic E-state index is 9.21. The van der Waals surface area contributed by atoms with Crippen molar-refractivity contribution in [3.05, 3.63) is 35.6 Å². The van der Waals surface area contributed by atoms with Gasteiger partial charge in [0.05, 0.1) is 0 Å². The van der Waals surface area contributed by atoms with Crippen LogP contribution in [0.2, 0.25) is 5.02 Å². The number of furan rings is 1. The van der Waals surface area contributed by atoms with E-state index in [1.165, 1.54) is 6.26 Å². The minimum absolute atomic E-state index is 0.0463. The number of rotatable bonds is 1. The second-order valence-corrected chi connectivity index (χ2v) is 3.31. The van der Waals surface area contributed by atoms with E-state index in [1.54, 1.807) is 24.3 Å². The highest BCUT2D eigenvalue weighted by atomic mass is 35.5. The third-order valence-corrected chi connectivity index (χ3v) is 2.17. The van der Waals surface area contributed by atoms with Crippen LogP contribution in [-0.2, 0) is 0 Å². The summed E-state index contributed by atoms with van der Waals surface area (Å²) >= 11 is 5.73. The van der Waals surface area contributed by atoms with E-state index in [4.69, 9.17) is 21.8 Å². The van der Waals surface area contributed by atoms with Crippen molar-refractivity contribution in [2.24, 2.45) is 0 Å². The molecule has 0 atom stereocenters. The first-order valence-corrected chi connectivity index (χ1v) is 4.38. The van der Waals surface area contributed by atoms with Crippen LogP contribution < -0.4 is 5.73 Å². The summed E-state index contributed by atoms with van der Waals surface area (Å²) in [5, 5.41) is 9.85. The highest BCUT2D eigenvalue weighted by Crippen LogP contribution is 2.34. The summed E-state index contributed by atoms with van der Waals surface area (Å²) in [6.45, 7) is 0. The van der Waals surface area contributed by atoms with E-state index in [9.17, 15) is 5.11 Å². The second kappa shape index (κ2) is 3.27. The molecule has 0 amide bonds. The Labute approximate surface area is 85.7 Å². The summed E-state index contributed by atoms with van der Waals surface area (Å²) in [6.07, 6.45) is 1.21. The predicted molar refractivity (Wildman–Crippen MR) is 55.2 cm³/mol. The number of hydrogen-bond acceptors (Lipinski definition) is 3. The summed E-state index contributed by atoms with van der Waals surface area (Å²) in [7, 11) is 0. The van der Waals surface area contributed by atoms with Crippen LogP contribution >= 0.6 is 11.6 Å². The molecule has 14 heavy (non-hydrogen) atoms. The smallest absolute Gasteiger partial charge is 0.178 e. The molecule has 3 N–H and O–H groups in total. The van der Waals surface area contributed by atoms with Crippen molar-refractivity contribution in [2.75, 3.05) is 5.73 Å². The lowest BCUT2D eigenvalue weighted by Gasteiger charge is -1.98. The van der Waals surface area contributed by atoms with Crippen LogP contribution in [-0.4, -0.2) is 5.11 Å². The zero-order valence-electron chi connectivity index (χ0n) is 7.20. The van der Waals surface area contributed by atoms with Crippen molar-refractivity contribution < 1.29 is 9.52 Å². The maximum Gasteiger partial charge on any atom is 0.178 e. The van der Waals surface area contributed by atoms with Gasteiger partial charge in [0.2, 0.25) is 0 Å². The fourth-order valence-corrected chi connectivity index (χ4v) is 1.31. The normalized spacial score (nSPS) is 10.4. The fourth-order valence-electron chi connectivity index (χ4n) is 1.18. The number of anilines is 1. The Morgan fingerprint density at radius 3 is 2.36 bits per heavy atom. The summed E-state index contributed by atoms with van der Waals surface area (Å²) in [5.41, 5.74) is 6.62. The van der Waals surface area contributed by atoms with Crippen LogP contribution in [0.1, 0.15) is 0 Å². The minimum atomic E-state index is -0.0463. The van der Waals surface area contributed by atoms with Gasteiger partial charge in [-0.25, -0.2) is 0 Å². The standard InChI is InChI=1S/C10H8ClNO2/c11-7-3-1-6(2-4-7)10-9(12)8(13)5-14-10/h1-5,13H,12H2. The summed E-state index contributed by atoms with van der Waals surface area (Å²) < 4.78 is 5.10. The van der Waals surface area contributed by atoms with Crippen LogP contribution in [0.15, 0.2) is 34.9 Å². The molecule has 72 valence electrons. The van der Waals surface area contributed by atoms with Crippen LogP contribution in [0.4, 0.5) is 5.69 Å². The molecule has 2 rings (SSSR count). The molecule has 0 aliphatic heterocycles. The van der Waals surface area contributed by atoms with Gasteiger partial charge in [0.25, 0.3) is 0 Å². The average molecular weight is 210 g/mol. The van der Waals surface area contributed by atoms with E-state index in [0.29, 0.717) is 10.8 Å². The molecule has 0 aliphatic rings. The SMILES string of the molecule is Nc1c(O)coc1-c1ccc(Cl)cc1. The number of benzene rings is 1. The molecule has 0 saturated carbocycles. The molecule has 4 heteroatoms. The molecule has 0 aliphatic carbocycles. The first kappa shape index (κ1) is 8.97. The van der Waals surface area contributed by atoms with Gasteiger partial charge in [-0.3, -0.25) is 0 Å². The molecular weight excluding hydrogens is 202 g/mol. The van der Waals surface area contributed by atoms with Gasteiger partial charge in [-0.1, -0.05) is 11.6 Å². The molecule has 3 nitrogen and oxygen atoms in total. The topological polar surface area (TPSA) is 59.4 Å². The van der Waals surface area contributed by atoms with E-state index in [0.717, 1.165) is 5.56 Å². The van der Waals surface area contributed by atoms with Crippen molar-refractivity contribution in [3.63, 3.8) is 0 Å². The van der Waals surface area contributed by atoms with Crippen molar-refractivity contribution in [1.82, 2.24) is 0 Å². The molecule has 0 fully saturated rings. The lowest BCUT2D eigenvalue weighted by atomic mass is 10.1. The van der Waals surface area contributed by atoms with Crippen molar-refractivity contribution in [2.45, 2.75) is 0 Å². The Kier molecular flexibility index (Phi) is 2.09. The van der Waals surface area contributed by atoms with E-state index in [2.05, 4.69) is 0 Å². The third-order valence-electron chi connectivity index (χ3n) is 1.92. The quantitative estimate of drug-likeness (QED) is 0.759. The van der Waals surface area contributed by atoms with Crippen LogP contribution in [0, 0.1) is 0 Å². The van der Waals surface area contributed by atoms with Crippen molar-refractivity contribution in [3.8, 4) is 17.1 Å². The van der Waals surface area contributed by atoms with Crippen LogP contribution in [0.25, 0.3) is 11.3 Å². The zero-order valence-corrected chi connectivity index (χ0v) is 7.95. The Hall–Kier alpha value is -1.61. The van der Waals surface area contributed by atoms with Gasteiger partial charge in [-0.05, 0) is 24.3 Å². The maximum absolute atomic E-state index is 9.21.